The summed E-state index contributed by atoms with van der Waals surface area (Å²) in [4.78, 5) is 13.4. The first kappa shape index (κ1) is 29.2. The molecule has 0 aromatic heterocycles. The Morgan fingerprint density at radius 2 is 1.83 bits per heavy atom. The van der Waals surface area contributed by atoms with E-state index in [0.717, 1.165) is 30.6 Å². The SMILES string of the molecule is CCNC[C@@H](O)[C@H](Cc1ccccc1)NC(=O)c1cc(NCC)cc(N2CCCCS2(O)O)c1.Cl. The van der Waals surface area contributed by atoms with Crippen molar-refractivity contribution in [3.8, 4) is 0 Å². The number of aliphatic hydroxyl groups excluding tert-OH is 1. The van der Waals surface area contributed by atoms with Gasteiger partial charge in [0.05, 0.1) is 23.6 Å². The van der Waals surface area contributed by atoms with E-state index in [1.807, 2.05) is 50.2 Å². The van der Waals surface area contributed by atoms with E-state index in [0.29, 0.717) is 43.1 Å². The maximum absolute atomic E-state index is 13.4. The monoisotopic (exact) mass is 526 g/mol. The van der Waals surface area contributed by atoms with Gasteiger partial charge in [-0.3, -0.25) is 18.2 Å². The second-order valence-electron chi connectivity index (χ2n) is 8.59. The molecular weight excluding hydrogens is 488 g/mol. The third-order valence-electron chi connectivity index (χ3n) is 5.91. The standard InChI is InChI=1S/C25H38N4O4S.ClH/c1-3-26-18-24(30)23(14-19-10-6-5-7-11-19)28-25(31)20-15-21(27-4-2)17-22(16-20)29-12-8-9-13-34(29,32)33;/h5-7,10-11,15-17,23-24,26-27,30,32-33H,3-4,8-9,12-14,18H2,1-2H3,(H,28,31);1H/t23-,24+;/m0./s1. The van der Waals surface area contributed by atoms with Crippen molar-refractivity contribution in [3.63, 3.8) is 0 Å². The zero-order valence-electron chi connectivity index (χ0n) is 20.4. The summed E-state index contributed by atoms with van der Waals surface area (Å²) in [6.45, 7) is 6.21. The molecule has 3 rings (SSSR count). The molecule has 1 saturated heterocycles. The maximum Gasteiger partial charge on any atom is 0.251 e. The molecule has 0 unspecified atom stereocenters. The molecule has 2 atom stereocenters. The molecule has 8 nitrogen and oxygen atoms in total. The van der Waals surface area contributed by atoms with Gasteiger partial charge >= 0.3 is 0 Å². The van der Waals surface area contributed by atoms with E-state index in [9.17, 15) is 19.0 Å². The number of hydrogen-bond acceptors (Lipinski definition) is 7. The lowest BCUT2D eigenvalue weighted by Gasteiger charge is -2.47. The van der Waals surface area contributed by atoms with Gasteiger partial charge in [0.1, 0.15) is 0 Å². The minimum Gasteiger partial charge on any atom is -0.390 e. The second-order valence-corrected chi connectivity index (χ2v) is 10.7. The van der Waals surface area contributed by atoms with Gasteiger partial charge in [-0.2, -0.15) is 0 Å². The summed E-state index contributed by atoms with van der Waals surface area (Å²) in [6.07, 6.45) is 1.35. The minimum atomic E-state index is -2.91. The first-order valence-corrected chi connectivity index (χ1v) is 13.7. The zero-order valence-corrected chi connectivity index (χ0v) is 22.1. The van der Waals surface area contributed by atoms with Gasteiger partial charge in [-0.1, -0.05) is 37.3 Å². The Morgan fingerprint density at radius 1 is 1.09 bits per heavy atom. The third-order valence-corrected chi connectivity index (χ3v) is 7.85. The fourth-order valence-corrected chi connectivity index (χ4v) is 5.81. The summed E-state index contributed by atoms with van der Waals surface area (Å²) >= 11 is 0. The van der Waals surface area contributed by atoms with Gasteiger partial charge < -0.3 is 21.1 Å². The third kappa shape index (κ3) is 8.27. The van der Waals surface area contributed by atoms with Crippen molar-refractivity contribution < 1.29 is 19.0 Å². The van der Waals surface area contributed by atoms with Crippen molar-refractivity contribution in [3.05, 3.63) is 59.7 Å². The Balaban J connectivity index is 0.00000432. The van der Waals surface area contributed by atoms with Crippen molar-refractivity contribution in [2.75, 3.05) is 41.6 Å². The number of anilines is 2. The van der Waals surface area contributed by atoms with Crippen molar-refractivity contribution in [1.82, 2.24) is 10.6 Å². The van der Waals surface area contributed by atoms with Crippen LogP contribution in [0.2, 0.25) is 0 Å². The molecule has 10 heteroatoms. The largest absolute Gasteiger partial charge is 0.390 e. The first-order chi connectivity index (χ1) is 16.3. The van der Waals surface area contributed by atoms with Crippen molar-refractivity contribution in [2.24, 2.45) is 0 Å². The quantitative estimate of drug-likeness (QED) is 0.261. The molecule has 1 heterocycles. The van der Waals surface area contributed by atoms with Gasteiger partial charge in [-0.15, -0.1) is 23.2 Å². The summed E-state index contributed by atoms with van der Waals surface area (Å²) in [5.41, 5.74) is 2.77. The molecule has 1 aliphatic heterocycles. The molecule has 196 valence electrons. The van der Waals surface area contributed by atoms with Crippen LogP contribution in [-0.4, -0.2) is 64.2 Å². The van der Waals surface area contributed by atoms with Crippen LogP contribution in [0.4, 0.5) is 11.4 Å². The van der Waals surface area contributed by atoms with Gasteiger partial charge in [-0.05, 0) is 56.5 Å². The number of halogens is 1. The number of nitrogens with one attached hydrogen (secondary N) is 3. The number of hydrogen-bond donors (Lipinski definition) is 6. The highest BCUT2D eigenvalue weighted by molar-refractivity contribution is 8.25. The number of aliphatic hydroxyl groups is 1. The van der Waals surface area contributed by atoms with E-state index in [4.69, 9.17) is 0 Å². The maximum atomic E-state index is 13.4. The molecule has 2 aromatic rings. The smallest absolute Gasteiger partial charge is 0.251 e. The summed E-state index contributed by atoms with van der Waals surface area (Å²) in [7, 11) is -2.91. The Bertz CT molecular complexity index is 935. The van der Waals surface area contributed by atoms with Gasteiger partial charge in [0.15, 0.2) is 0 Å². The first-order valence-electron chi connectivity index (χ1n) is 12.0. The highest BCUT2D eigenvalue weighted by Crippen LogP contribution is 2.50. The lowest BCUT2D eigenvalue weighted by atomic mass is 10.00. The van der Waals surface area contributed by atoms with Crippen LogP contribution in [0.1, 0.15) is 42.6 Å². The van der Waals surface area contributed by atoms with Crippen LogP contribution in [0.25, 0.3) is 0 Å². The van der Waals surface area contributed by atoms with Crippen molar-refractivity contribution >= 4 is 40.5 Å². The second kappa shape index (κ2) is 13.9. The topological polar surface area (TPSA) is 117 Å². The highest BCUT2D eigenvalue weighted by atomic mass is 35.5. The average Bonchev–Trinajstić information content (AvgIpc) is 2.82. The molecule has 0 saturated carbocycles. The number of benzene rings is 2. The number of likely N-dealkylation sites (N-methyl/N-ethyl adjacent to an activating group) is 1. The van der Waals surface area contributed by atoms with E-state index in [2.05, 4.69) is 16.0 Å². The summed E-state index contributed by atoms with van der Waals surface area (Å²) in [5.74, 6) is 0.0152. The number of carbonyl (C=O) groups excluding carboxylic acids is 1. The lowest BCUT2D eigenvalue weighted by Crippen LogP contribution is -2.48. The van der Waals surface area contributed by atoms with E-state index in [-0.39, 0.29) is 18.3 Å². The number of carbonyl (C=O) groups is 1. The average molecular weight is 527 g/mol. The predicted octanol–water partition coefficient (Wildman–Crippen LogP) is 4.12. The van der Waals surface area contributed by atoms with Gasteiger partial charge in [-0.25, -0.2) is 0 Å². The van der Waals surface area contributed by atoms with Crippen LogP contribution >= 0.6 is 23.2 Å². The van der Waals surface area contributed by atoms with Gasteiger partial charge in [0.2, 0.25) is 0 Å². The molecule has 1 amide bonds. The molecule has 6 N–H and O–H groups in total. The van der Waals surface area contributed by atoms with Crippen molar-refractivity contribution in [1.29, 1.82) is 0 Å². The molecule has 2 aromatic carbocycles. The molecule has 0 bridgehead atoms. The zero-order chi connectivity index (χ0) is 24.6. The van der Waals surface area contributed by atoms with Crippen LogP contribution in [0.15, 0.2) is 48.5 Å². The molecule has 1 fully saturated rings. The molecule has 0 radical (unpaired) electrons. The lowest BCUT2D eigenvalue weighted by molar-refractivity contribution is 0.0832. The van der Waals surface area contributed by atoms with Gasteiger partial charge in [0.25, 0.3) is 5.91 Å². The molecule has 35 heavy (non-hydrogen) atoms. The fourth-order valence-electron chi connectivity index (χ4n) is 4.14. The summed E-state index contributed by atoms with van der Waals surface area (Å²) in [5, 5.41) is 20.2. The molecule has 0 spiro atoms. The number of rotatable bonds is 11. The Labute approximate surface area is 216 Å². The van der Waals surface area contributed by atoms with E-state index in [1.165, 1.54) is 0 Å². The van der Waals surface area contributed by atoms with Crippen LogP contribution < -0.4 is 20.3 Å². The van der Waals surface area contributed by atoms with Crippen LogP contribution in [0, 0.1) is 0 Å². The van der Waals surface area contributed by atoms with Gasteiger partial charge in [0, 0.05) is 30.9 Å². The highest BCUT2D eigenvalue weighted by Gasteiger charge is 2.28. The molecule has 0 aliphatic carbocycles. The van der Waals surface area contributed by atoms with E-state index >= 15 is 0 Å². The van der Waals surface area contributed by atoms with Crippen LogP contribution in [-0.2, 0) is 6.42 Å². The van der Waals surface area contributed by atoms with Crippen molar-refractivity contribution in [2.45, 2.75) is 45.3 Å². The fraction of sp³-hybridized carbons (Fsp3) is 0.480. The summed E-state index contributed by atoms with van der Waals surface area (Å²) < 4.78 is 22.8. The molecular formula is C25H39ClN4O4S. The molecule has 1 aliphatic rings. The number of nitrogens with zero attached hydrogens (tertiary/aromatic N) is 1. The Morgan fingerprint density at radius 3 is 2.49 bits per heavy atom. The van der Waals surface area contributed by atoms with E-state index < -0.39 is 22.9 Å². The normalized spacial score (nSPS) is 17.6. The van der Waals surface area contributed by atoms with E-state index in [1.54, 1.807) is 16.4 Å². The van der Waals surface area contributed by atoms with Crippen LogP contribution in [0.3, 0.4) is 0 Å². The minimum absolute atomic E-state index is 0. The Hall–Kier alpha value is -2.01. The summed E-state index contributed by atoms with van der Waals surface area (Å²) in [6, 6.07) is 14.6. The van der Waals surface area contributed by atoms with Crippen LogP contribution in [0.5, 0.6) is 0 Å². The Kier molecular flexibility index (Phi) is 11.6. The predicted molar refractivity (Wildman–Crippen MR) is 148 cm³/mol. The number of amides is 1.